The number of carbonyl (C=O) groups is 1. The van der Waals surface area contributed by atoms with Crippen LogP contribution in [0.5, 0.6) is 17.2 Å². The summed E-state index contributed by atoms with van der Waals surface area (Å²) in [6.45, 7) is 6.20. The maximum Gasteiger partial charge on any atom is 0.260 e. The fourth-order valence-corrected chi connectivity index (χ4v) is 2.34. The van der Waals surface area contributed by atoms with E-state index in [1.165, 1.54) is 21.3 Å². The highest BCUT2D eigenvalue weighted by atomic mass is 16.5. The number of aryl methyl sites for hydroxylation is 1. The summed E-state index contributed by atoms with van der Waals surface area (Å²) in [5.41, 5.74) is 1.13. The van der Waals surface area contributed by atoms with E-state index in [0.717, 1.165) is 5.69 Å². The summed E-state index contributed by atoms with van der Waals surface area (Å²) in [5, 5.41) is 7.33. The van der Waals surface area contributed by atoms with E-state index in [1.807, 2.05) is 6.07 Å². The molecule has 0 saturated carbocycles. The molecule has 1 aromatic heterocycles. The van der Waals surface area contributed by atoms with E-state index in [2.05, 4.69) is 31.2 Å². The predicted molar refractivity (Wildman–Crippen MR) is 96.0 cm³/mol. The summed E-state index contributed by atoms with van der Waals surface area (Å²) in [4.78, 5) is 12.7. The number of nitrogens with zero attached hydrogens (tertiary/aromatic N) is 2. The second-order valence-corrected chi connectivity index (χ2v) is 6.65. The van der Waals surface area contributed by atoms with Crippen LogP contribution in [0.25, 0.3) is 0 Å². The lowest BCUT2D eigenvalue weighted by atomic mass is 9.92. The molecule has 136 valence electrons. The standard InChI is InChI=1S/C18H25N3O4/c1-18(2,3)15-10-16(21(4)20-15)19-17(22)11-8-13(24-6)14(25-7)9-12(11)23-5/h8-10H,1-7H3,(H,19,22). The molecule has 1 heterocycles. The molecule has 7 nitrogen and oxygen atoms in total. The predicted octanol–water partition coefficient (Wildman–Crippen LogP) is 3.00. The minimum absolute atomic E-state index is 0.109. The van der Waals surface area contributed by atoms with Gasteiger partial charge in [0, 0.05) is 30.7 Å². The Morgan fingerprint density at radius 1 is 1.00 bits per heavy atom. The van der Waals surface area contributed by atoms with Gasteiger partial charge in [0.1, 0.15) is 11.6 Å². The number of methoxy groups -OCH3 is 3. The highest BCUT2D eigenvalue weighted by molar-refractivity contribution is 6.06. The number of hydrogen-bond donors (Lipinski definition) is 1. The Morgan fingerprint density at radius 3 is 2.04 bits per heavy atom. The van der Waals surface area contributed by atoms with Gasteiger partial charge in [-0.1, -0.05) is 20.8 Å². The van der Waals surface area contributed by atoms with Crippen molar-refractivity contribution in [2.24, 2.45) is 7.05 Å². The third-order valence-corrected chi connectivity index (χ3v) is 3.84. The third kappa shape index (κ3) is 3.87. The first kappa shape index (κ1) is 18.6. The molecule has 2 aromatic rings. The Morgan fingerprint density at radius 2 is 1.56 bits per heavy atom. The molecule has 0 aliphatic carbocycles. The topological polar surface area (TPSA) is 74.6 Å². The number of benzene rings is 1. The van der Waals surface area contributed by atoms with Gasteiger partial charge >= 0.3 is 0 Å². The first-order chi connectivity index (χ1) is 11.7. The zero-order chi connectivity index (χ0) is 18.8. The molecule has 1 N–H and O–H groups in total. The molecule has 0 saturated heterocycles. The molecule has 25 heavy (non-hydrogen) atoms. The SMILES string of the molecule is COc1cc(OC)c(C(=O)Nc2cc(C(C)(C)C)nn2C)cc1OC. The van der Waals surface area contributed by atoms with Gasteiger partial charge in [-0.05, 0) is 0 Å². The minimum atomic E-state index is -0.318. The van der Waals surface area contributed by atoms with Gasteiger partial charge in [-0.3, -0.25) is 9.48 Å². The van der Waals surface area contributed by atoms with Crippen molar-refractivity contribution in [1.82, 2.24) is 9.78 Å². The van der Waals surface area contributed by atoms with Crippen molar-refractivity contribution < 1.29 is 19.0 Å². The van der Waals surface area contributed by atoms with Crippen LogP contribution in [0.1, 0.15) is 36.8 Å². The first-order valence-electron chi connectivity index (χ1n) is 7.87. The van der Waals surface area contributed by atoms with Crippen LogP contribution in [0.2, 0.25) is 0 Å². The van der Waals surface area contributed by atoms with Crippen LogP contribution in [-0.4, -0.2) is 37.0 Å². The molecule has 0 atom stereocenters. The van der Waals surface area contributed by atoms with Crippen LogP contribution in [-0.2, 0) is 12.5 Å². The van der Waals surface area contributed by atoms with Crippen LogP contribution in [0.15, 0.2) is 18.2 Å². The molecule has 0 spiro atoms. The zero-order valence-corrected chi connectivity index (χ0v) is 15.8. The lowest BCUT2D eigenvalue weighted by Gasteiger charge is -2.14. The Labute approximate surface area is 147 Å². The van der Waals surface area contributed by atoms with Gasteiger partial charge in [-0.25, -0.2) is 0 Å². The molecule has 0 radical (unpaired) electrons. The minimum Gasteiger partial charge on any atom is -0.496 e. The number of rotatable bonds is 5. The van der Waals surface area contributed by atoms with Gasteiger partial charge in [0.2, 0.25) is 0 Å². The van der Waals surface area contributed by atoms with E-state index in [-0.39, 0.29) is 11.3 Å². The van der Waals surface area contributed by atoms with Crippen molar-refractivity contribution in [3.8, 4) is 17.2 Å². The fraction of sp³-hybridized carbons (Fsp3) is 0.444. The molecule has 7 heteroatoms. The van der Waals surface area contributed by atoms with Crippen molar-refractivity contribution in [3.63, 3.8) is 0 Å². The average Bonchev–Trinajstić information content (AvgIpc) is 2.94. The Kier molecular flexibility index (Phi) is 5.25. The molecule has 0 aliphatic rings. The van der Waals surface area contributed by atoms with Gasteiger partial charge < -0.3 is 19.5 Å². The summed E-state index contributed by atoms with van der Waals surface area (Å²) < 4.78 is 17.5. The number of aromatic nitrogens is 2. The molecular weight excluding hydrogens is 322 g/mol. The lowest BCUT2D eigenvalue weighted by Crippen LogP contribution is -2.16. The number of hydrogen-bond acceptors (Lipinski definition) is 5. The Balaban J connectivity index is 2.37. The van der Waals surface area contributed by atoms with Gasteiger partial charge in [0.25, 0.3) is 5.91 Å². The van der Waals surface area contributed by atoms with Crippen molar-refractivity contribution >= 4 is 11.7 Å². The van der Waals surface area contributed by atoms with Crippen LogP contribution in [0.4, 0.5) is 5.82 Å². The summed E-state index contributed by atoms with van der Waals surface area (Å²) in [6.07, 6.45) is 0. The number of amides is 1. The number of nitrogens with one attached hydrogen (secondary N) is 1. The monoisotopic (exact) mass is 347 g/mol. The highest BCUT2D eigenvalue weighted by Gasteiger charge is 2.22. The second kappa shape index (κ2) is 7.04. The fourth-order valence-electron chi connectivity index (χ4n) is 2.34. The van der Waals surface area contributed by atoms with E-state index in [1.54, 1.807) is 23.9 Å². The van der Waals surface area contributed by atoms with Crippen molar-refractivity contribution in [1.29, 1.82) is 0 Å². The summed E-state index contributed by atoms with van der Waals surface area (Å²) in [7, 11) is 6.33. The molecular formula is C18H25N3O4. The second-order valence-electron chi connectivity index (χ2n) is 6.65. The first-order valence-corrected chi connectivity index (χ1v) is 7.87. The molecule has 2 rings (SSSR count). The number of ether oxygens (including phenoxy) is 3. The molecule has 0 fully saturated rings. The van der Waals surface area contributed by atoms with E-state index in [4.69, 9.17) is 14.2 Å². The number of carbonyl (C=O) groups excluding carboxylic acids is 1. The molecule has 1 amide bonds. The van der Waals surface area contributed by atoms with E-state index in [0.29, 0.717) is 28.6 Å². The van der Waals surface area contributed by atoms with Crippen LogP contribution < -0.4 is 19.5 Å². The van der Waals surface area contributed by atoms with Crippen molar-refractivity contribution in [3.05, 3.63) is 29.5 Å². The quantitative estimate of drug-likeness (QED) is 0.900. The van der Waals surface area contributed by atoms with Crippen molar-refractivity contribution in [2.75, 3.05) is 26.6 Å². The summed E-state index contributed by atoms with van der Waals surface area (Å²) in [5.74, 6) is 1.63. The molecule has 0 aliphatic heterocycles. The normalized spacial score (nSPS) is 11.2. The van der Waals surface area contributed by atoms with Gasteiger partial charge in [0.15, 0.2) is 11.5 Å². The largest absolute Gasteiger partial charge is 0.496 e. The van der Waals surface area contributed by atoms with Gasteiger partial charge in [0.05, 0.1) is 32.6 Å². The summed E-state index contributed by atoms with van der Waals surface area (Å²) >= 11 is 0. The molecule has 1 aromatic carbocycles. The average molecular weight is 347 g/mol. The van der Waals surface area contributed by atoms with Crippen LogP contribution in [0, 0.1) is 0 Å². The number of anilines is 1. The third-order valence-electron chi connectivity index (χ3n) is 3.84. The lowest BCUT2D eigenvalue weighted by molar-refractivity contribution is 0.102. The van der Waals surface area contributed by atoms with Crippen LogP contribution >= 0.6 is 0 Å². The highest BCUT2D eigenvalue weighted by Crippen LogP contribution is 2.35. The maximum atomic E-state index is 12.7. The Bertz CT molecular complexity index is 775. The van der Waals surface area contributed by atoms with Gasteiger partial charge in [-0.15, -0.1) is 0 Å². The van der Waals surface area contributed by atoms with E-state index >= 15 is 0 Å². The van der Waals surface area contributed by atoms with Crippen LogP contribution in [0.3, 0.4) is 0 Å². The smallest absolute Gasteiger partial charge is 0.260 e. The Hall–Kier alpha value is -2.70. The van der Waals surface area contributed by atoms with Crippen molar-refractivity contribution in [2.45, 2.75) is 26.2 Å². The summed E-state index contributed by atoms with van der Waals surface area (Å²) in [6, 6.07) is 5.08. The molecule has 0 unspecified atom stereocenters. The van der Waals surface area contributed by atoms with Gasteiger partial charge in [-0.2, -0.15) is 5.10 Å². The van der Waals surface area contributed by atoms with E-state index < -0.39 is 0 Å². The molecule has 0 bridgehead atoms. The zero-order valence-electron chi connectivity index (χ0n) is 15.8. The van der Waals surface area contributed by atoms with E-state index in [9.17, 15) is 4.79 Å². The maximum absolute atomic E-state index is 12.7.